The summed E-state index contributed by atoms with van der Waals surface area (Å²) in [6.07, 6.45) is 7.30. The van der Waals surface area contributed by atoms with Crippen LogP contribution in [-0.2, 0) is 23.8 Å². The maximum Gasteiger partial charge on any atom is 0.191 e. The van der Waals surface area contributed by atoms with Gasteiger partial charge in [-0.15, -0.1) is 11.3 Å². The zero-order chi connectivity index (χ0) is 17.4. The summed E-state index contributed by atoms with van der Waals surface area (Å²) in [5.74, 6) is 1.61. The second kappa shape index (κ2) is 10.1. The first-order valence-electron chi connectivity index (χ1n) is 9.01. The molecule has 1 fully saturated rings. The predicted molar refractivity (Wildman–Crippen MR) is 104 cm³/mol. The minimum atomic E-state index is -0.693. The Labute approximate surface area is 152 Å². The second-order valence-corrected chi connectivity index (χ2v) is 9.27. The Morgan fingerprint density at radius 2 is 2.25 bits per heavy atom. The van der Waals surface area contributed by atoms with Crippen molar-refractivity contribution in [2.24, 2.45) is 4.99 Å². The molecule has 1 aromatic heterocycles. The Hall–Kier alpha value is -0.950. The van der Waals surface area contributed by atoms with Crippen LogP contribution < -0.4 is 10.6 Å². The number of aryl methyl sites for hydroxylation is 1. The number of thiazole rings is 1. The van der Waals surface area contributed by atoms with Gasteiger partial charge in [-0.1, -0.05) is 20.3 Å². The Balaban J connectivity index is 1.94. The molecular weight excluding hydrogens is 340 g/mol. The molecule has 136 valence electrons. The van der Waals surface area contributed by atoms with Crippen LogP contribution in [-0.4, -0.2) is 38.7 Å². The SMILES string of the molecule is CCNC(=NCc1ncc(CC)s1)NC1CCCC(S(=O)CC)C1. The molecule has 0 amide bonds. The molecule has 3 atom stereocenters. The Bertz CT molecular complexity index is 559. The summed E-state index contributed by atoms with van der Waals surface area (Å²) in [5.41, 5.74) is 0. The highest BCUT2D eigenvalue weighted by molar-refractivity contribution is 7.85. The molecule has 2 N–H and O–H groups in total. The van der Waals surface area contributed by atoms with Crippen LogP contribution in [0.1, 0.15) is 56.3 Å². The van der Waals surface area contributed by atoms with Crippen molar-refractivity contribution in [2.45, 2.75) is 70.7 Å². The summed E-state index contributed by atoms with van der Waals surface area (Å²) in [5, 5.41) is 8.24. The minimum absolute atomic E-state index is 0.329. The van der Waals surface area contributed by atoms with Gasteiger partial charge in [0.2, 0.25) is 0 Å². The molecule has 0 radical (unpaired) electrons. The molecule has 1 aliphatic rings. The van der Waals surface area contributed by atoms with Crippen LogP contribution in [0.5, 0.6) is 0 Å². The lowest BCUT2D eigenvalue weighted by molar-refractivity contribution is 0.413. The number of hydrogen-bond acceptors (Lipinski definition) is 4. The molecule has 1 aliphatic carbocycles. The minimum Gasteiger partial charge on any atom is -0.357 e. The van der Waals surface area contributed by atoms with E-state index in [0.717, 1.165) is 55.4 Å². The Morgan fingerprint density at radius 3 is 2.92 bits per heavy atom. The van der Waals surface area contributed by atoms with Crippen LogP contribution >= 0.6 is 11.3 Å². The molecule has 0 aliphatic heterocycles. The molecule has 3 unspecified atom stereocenters. The maximum atomic E-state index is 12.1. The van der Waals surface area contributed by atoms with Gasteiger partial charge in [-0.25, -0.2) is 9.98 Å². The quantitative estimate of drug-likeness (QED) is 0.572. The van der Waals surface area contributed by atoms with E-state index in [2.05, 4.69) is 34.5 Å². The topological polar surface area (TPSA) is 66.4 Å². The third-order valence-electron chi connectivity index (χ3n) is 4.29. The fourth-order valence-electron chi connectivity index (χ4n) is 3.00. The highest BCUT2D eigenvalue weighted by Crippen LogP contribution is 2.23. The Kier molecular flexibility index (Phi) is 8.18. The summed E-state index contributed by atoms with van der Waals surface area (Å²) < 4.78 is 12.1. The standard InChI is InChI=1S/C17H30N4OS2/c1-4-14-11-19-16(23-14)12-20-17(18-5-2)21-13-8-7-9-15(10-13)24(22)6-3/h11,13,15H,4-10,12H2,1-3H3,(H2,18,20,21). The van der Waals surface area contributed by atoms with Gasteiger partial charge in [-0.3, -0.25) is 4.21 Å². The molecule has 1 heterocycles. The van der Waals surface area contributed by atoms with Crippen molar-refractivity contribution in [1.82, 2.24) is 15.6 Å². The van der Waals surface area contributed by atoms with Crippen molar-refractivity contribution >= 4 is 28.1 Å². The number of guanidine groups is 1. The summed E-state index contributed by atoms with van der Waals surface area (Å²) >= 11 is 1.73. The van der Waals surface area contributed by atoms with Gasteiger partial charge in [0.05, 0.1) is 6.54 Å². The Morgan fingerprint density at radius 1 is 1.42 bits per heavy atom. The lowest BCUT2D eigenvalue weighted by atomic mass is 9.95. The lowest BCUT2D eigenvalue weighted by Crippen LogP contribution is -2.46. The molecular formula is C17H30N4OS2. The molecule has 1 aromatic rings. The van der Waals surface area contributed by atoms with Gasteiger partial charge in [0.25, 0.3) is 0 Å². The van der Waals surface area contributed by atoms with Gasteiger partial charge in [-0.05, 0) is 32.6 Å². The van der Waals surface area contributed by atoms with Crippen molar-refractivity contribution in [3.63, 3.8) is 0 Å². The molecule has 0 saturated heterocycles. The summed E-state index contributed by atoms with van der Waals surface area (Å²) in [4.78, 5) is 10.4. The molecule has 1 saturated carbocycles. The second-order valence-electron chi connectivity index (χ2n) is 6.07. The van der Waals surface area contributed by atoms with Gasteiger partial charge >= 0.3 is 0 Å². The zero-order valence-electron chi connectivity index (χ0n) is 15.0. The summed E-state index contributed by atoms with van der Waals surface area (Å²) in [6, 6.07) is 0.361. The molecule has 0 aromatic carbocycles. The first-order chi connectivity index (χ1) is 11.7. The van der Waals surface area contributed by atoms with Gasteiger partial charge in [0.15, 0.2) is 5.96 Å². The van der Waals surface area contributed by atoms with Crippen molar-refractivity contribution in [2.75, 3.05) is 12.3 Å². The van der Waals surface area contributed by atoms with Crippen LogP contribution in [0.3, 0.4) is 0 Å². The fraction of sp³-hybridized carbons (Fsp3) is 0.765. The van der Waals surface area contributed by atoms with Gasteiger partial charge in [0, 0.05) is 45.5 Å². The van der Waals surface area contributed by atoms with E-state index in [4.69, 9.17) is 0 Å². The van der Waals surface area contributed by atoms with E-state index in [9.17, 15) is 4.21 Å². The summed E-state index contributed by atoms with van der Waals surface area (Å²) in [6.45, 7) is 7.67. The molecule has 0 spiro atoms. The fourth-order valence-corrected chi connectivity index (χ4v) is 5.13. The first kappa shape index (κ1) is 19.4. The highest BCUT2D eigenvalue weighted by atomic mass is 32.2. The van der Waals surface area contributed by atoms with Gasteiger partial charge in [0.1, 0.15) is 5.01 Å². The number of aromatic nitrogens is 1. The molecule has 0 bridgehead atoms. The number of nitrogens with zero attached hydrogens (tertiary/aromatic N) is 2. The normalized spacial score (nSPS) is 23.0. The molecule has 5 nitrogen and oxygen atoms in total. The third kappa shape index (κ3) is 5.84. The van der Waals surface area contributed by atoms with E-state index in [1.807, 2.05) is 13.1 Å². The van der Waals surface area contributed by atoms with E-state index in [1.165, 1.54) is 4.88 Å². The number of aliphatic imine (C=N–C) groups is 1. The number of nitrogens with one attached hydrogen (secondary N) is 2. The first-order valence-corrected chi connectivity index (χ1v) is 11.2. The van der Waals surface area contributed by atoms with Gasteiger partial charge in [-0.2, -0.15) is 0 Å². The highest BCUT2D eigenvalue weighted by Gasteiger charge is 2.26. The van der Waals surface area contributed by atoms with Crippen LogP contribution in [0.25, 0.3) is 0 Å². The van der Waals surface area contributed by atoms with E-state index < -0.39 is 10.8 Å². The third-order valence-corrected chi connectivity index (χ3v) is 7.16. The zero-order valence-corrected chi connectivity index (χ0v) is 16.6. The molecule has 24 heavy (non-hydrogen) atoms. The average molecular weight is 371 g/mol. The average Bonchev–Trinajstić information content (AvgIpc) is 3.07. The monoisotopic (exact) mass is 370 g/mol. The smallest absolute Gasteiger partial charge is 0.191 e. The van der Waals surface area contributed by atoms with Crippen LogP contribution in [0.15, 0.2) is 11.2 Å². The lowest BCUT2D eigenvalue weighted by Gasteiger charge is -2.30. The number of rotatable bonds is 7. The van der Waals surface area contributed by atoms with Crippen molar-refractivity contribution in [3.8, 4) is 0 Å². The van der Waals surface area contributed by atoms with Crippen LogP contribution in [0.4, 0.5) is 0 Å². The number of hydrogen-bond donors (Lipinski definition) is 2. The van der Waals surface area contributed by atoms with Crippen LogP contribution in [0.2, 0.25) is 0 Å². The van der Waals surface area contributed by atoms with Gasteiger partial charge < -0.3 is 10.6 Å². The van der Waals surface area contributed by atoms with Crippen LogP contribution in [0, 0.1) is 0 Å². The van der Waals surface area contributed by atoms with E-state index in [1.54, 1.807) is 11.3 Å². The van der Waals surface area contributed by atoms with Crippen molar-refractivity contribution < 1.29 is 4.21 Å². The van der Waals surface area contributed by atoms with E-state index in [-0.39, 0.29) is 0 Å². The predicted octanol–water partition coefficient (Wildman–Crippen LogP) is 2.84. The summed E-state index contributed by atoms with van der Waals surface area (Å²) in [7, 11) is -0.693. The molecule has 2 rings (SSSR count). The van der Waals surface area contributed by atoms with E-state index >= 15 is 0 Å². The maximum absolute atomic E-state index is 12.1. The largest absolute Gasteiger partial charge is 0.357 e. The van der Waals surface area contributed by atoms with Crippen molar-refractivity contribution in [3.05, 3.63) is 16.1 Å². The molecule has 7 heteroatoms. The van der Waals surface area contributed by atoms with Crippen molar-refractivity contribution in [1.29, 1.82) is 0 Å². The van der Waals surface area contributed by atoms with E-state index in [0.29, 0.717) is 17.8 Å².